The zero-order chi connectivity index (χ0) is 14.8. The molecule has 3 rings (SSSR count). The van der Waals surface area contributed by atoms with Crippen molar-refractivity contribution in [3.63, 3.8) is 0 Å². The molecule has 5 heteroatoms. The van der Waals surface area contributed by atoms with E-state index in [0.717, 1.165) is 9.86 Å². The normalized spacial score (nSPS) is 10.5. The summed E-state index contributed by atoms with van der Waals surface area (Å²) in [5.74, 6) is -0.364. The van der Waals surface area contributed by atoms with E-state index in [-0.39, 0.29) is 17.0 Å². The number of hydrogen-bond donors (Lipinski definition) is 2. The first-order valence-electron chi connectivity index (χ1n) is 6.28. The van der Waals surface area contributed by atoms with Gasteiger partial charge in [-0.3, -0.25) is 10.2 Å². The molecule has 0 fully saturated rings. The van der Waals surface area contributed by atoms with E-state index in [1.54, 1.807) is 24.3 Å². The van der Waals surface area contributed by atoms with Gasteiger partial charge in [0.05, 0.1) is 0 Å². The molecular formula is C16H11BrN2O2. The van der Waals surface area contributed by atoms with Crippen molar-refractivity contribution in [1.82, 2.24) is 0 Å². The molecule has 0 saturated heterocycles. The Morgan fingerprint density at radius 3 is 2.62 bits per heavy atom. The SMILES string of the molecule is N=c1oc2ccc(Br)cc2cc1C(=O)Nc1ccccc1. The highest BCUT2D eigenvalue weighted by atomic mass is 79.9. The highest BCUT2D eigenvalue weighted by molar-refractivity contribution is 9.10. The number of anilines is 1. The van der Waals surface area contributed by atoms with Crippen LogP contribution >= 0.6 is 15.9 Å². The third-order valence-electron chi connectivity index (χ3n) is 3.00. The standard InChI is InChI=1S/C16H11BrN2O2/c17-11-6-7-14-10(8-11)9-13(15(18)21-14)16(20)19-12-4-2-1-3-5-12/h1-9,18H,(H,19,20). The third kappa shape index (κ3) is 2.87. The number of carbonyl (C=O) groups excluding carboxylic acids is 1. The fraction of sp³-hybridized carbons (Fsp3) is 0. The van der Waals surface area contributed by atoms with E-state index in [4.69, 9.17) is 9.83 Å². The lowest BCUT2D eigenvalue weighted by molar-refractivity contribution is 0.102. The molecule has 21 heavy (non-hydrogen) atoms. The predicted octanol–water partition coefficient (Wildman–Crippen LogP) is 3.93. The highest BCUT2D eigenvalue weighted by Crippen LogP contribution is 2.19. The number of rotatable bonds is 2. The van der Waals surface area contributed by atoms with Crippen LogP contribution in [0.4, 0.5) is 5.69 Å². The van der Waals surface area contributed by atoms with Gasteiger partial charge in [-0.1, -0.05) is 34.1 Å². The Kier molecular flexibility index (Phi) is 3.58. The number of amides is 1. The summed E-state index contributed by atoms with van der Waals surface area (Å²) in [6.45, 7) is 0. The molecular weight excluding hydrogens is 332 g/mol. The Morgan fingerprint density at radius 1 is 1.10 bits per heavy atom. The van der Waals surface area contributed by atoms with Crippen LogP contribution in [0.3, 0.4) is 0 Å². The average molecular weight is 343 g/mol. The molecule has 2 N–H and O–H groups in total. The van der Waals surface area contributed by atoms with Gasteiger partial charge in [-0.05, 0) is 36.4 Å². The Bertz CT molecular complexity index is 872. The van der Waals surface area contributed by atoms with E-state index in [2.05, 4.69) is 21.2 Å². The molecule has 3 aromatic rings. The monoisotopic (exact) mass is 342 g/mol. The van der Waals surface area contributed by atoms with Crippen molar-refractivity contribution in [2.45, 2.75) is 0 Å². The fourth-order valence-electron chi connectivity index (χ4n) is 2.00. The first kappa shape index (κ1) is 13.6. The maximum Gasteiger partial charge on any atom is 0.261 e. The van der Waals surface area contributed by atoms with Crippen LogP contribution < -0.4 is 10.9 Å². The molecule has 0 bridgehead atoms. The molecule has 4 nitrogen and oxygen atoms in total. The first-order chi connectivity index (χ1) is 10.1. The lowest BCUT2D eigenvalue weighted by atomic mass is 10.1. The van der Waals surface area contributed by atoms with E-state index >= 15 is 0 Å². The van der Waals surface area contributed by atoms with Crippen molar-refractivity contribution in [3.8, 4) is 0 Å². The van der Waals surface area contributed by atoms with Gasteiger partial charge in [0.2, 0.25) is 5.55 Å². The molecule has 2 aromatic carbocycles. The average Bonchev–Trinajstić information content (AvgIpc) is 2.48. The van der Waals surface area contributed by atoms with Crippen molar-refractivity contribution in [3.05, 3.63) is 70.2 Å². The second kappa shape index (κ2) is 5.54. The van der Waals surface area contributed by atoms with Gasteiger partial charge >= 0.3 is 0 Å². The molecule has 0 aliphatic heterocycles. The van der Waals surface area contributed by atoms with Crippen molar-refractivity contribution >= 4 is 38.5 Å². The molecule has 1 amide bonds. The zero-order valence-electron chi connectivity index (χ0n) is 10.9. The van der Waals surface area contributed by atoms with Gasteiger partial charge in [0.1, 0.15) is 11.1 Å². The highest BCUT2D eigenvalue weighted by Gasteiger charge is 2.12. The Hall–Kier alpha value is -2.40. The molecule has 0 spiro atoms. The maximum absolute atomic E-state index is 12.3. The number of carbonyl (C=O) groups is 1. The Labute approximate surface area is 129 Å². The van der Waals surface area contributed by atoms with Crippen molar-refractivity contribution in [1.29, 1.82) is 5.41 Å². The van der Waals surface area contributed by atoms with Crippen LogP contribution in [0.2, 0.25) is 0 Å². The van der Waals surface area contributed by atoms with Gasteiger partial charge < -0.3 is 9.73 Å². The van der Waals surface area contributed by atoms with E-state index in [0.29, 0.717) is 11.3 Å². The van der Waals surface area contributed by atoms with E-state index in [1.807, 2.05) is 30.3 Å². The Morgan fingerprint density at radius 2 is 1.86 bits per heavy atom. The summed E-state index contributed by atoms with van der Waals surface area (Å²) in [5.41, 5.74) is 1.29. The van der Waals surface area contributed by atoms with Gasteiger partial charge in [0, 0.05) is 15.5 Å². The minimum atomic E-state index is -0.364. The summed E-state index contributed by atoms with van der Waals surface area (Å²) >= 11 is 3.38. The number of benzene rings is 2. The Balaban J connectivity index is 2.01. The second-order valence-electron chi connectivity index (χ2n) is 4.49. The van der Waals surface area contributed by atoms with Crippen molar-refractivity contribution in [2.24, 2.45) is 0 Å². The van der Waals surface area contributed by atoms with Crippen LogP contribution in [0.5, 0.6) is 0 Å². The smallest absolute Gasteiger partial charge is 0.261 e. The summed E-state index contributed by atoms with van der Waals surface area (Å²) in [5, 5.41) is 11.4. The van der Waals surface area contributed by atoms with E-state index < -0.39 is 0 Å². The molecule has 0 unspecified atom stereocenters. The molecule has 0 radical (unpaired) electrons. The van der Waals surface area contributed by atoms with Gasteiger partial charge in [-0.2, -0.15) is 0 Å². The number of nitrogens with one attached hydrogen (secondary N) is 2. The van der Waals surface area contributed by atoms with Gasteiger partial charge in [-0.15, -0.1) is 0 Å². The van der Waals surface area contributed by atoms with Crippen molar-refractivity contribution in [2.75, 3.05) is 5.32 Å². The van der Waals surface area contributed by atoms with Crippen LogP contribution in [-0.4, -0.2) is 5.91 Å². The lowest BCUT2D eigenvalue weighted by Crippen LogP contribution is -2.20. The molecule has 1 aromatic heterocycles. The minimum Gasteiger partial charge on any atom is -0.438 e. The van der Waals surface area contributed by atoms with Gasteiger partial charge in [0.25, 0.3) is 5.91 Å². The van der Waals surface area contributed by atoms with E-state index in [9.17, 15) is 4.79 Å². The first-order valence-corrected chi connectivity index (χ1v) is 7.07. The van der Waals surface area contributed by atoms with Crippen LogP contribution in [0.1, 0.15) is 10.4 Å². The van der Waals surface area contributed by atoms with Crippen LogP contribution in [0.25, 0.3) is 11.0 Å². The van der Waals surface area contributed by atoms with Crippen molar-refractivity contribution < 1.29 is 9.21 Å². The minimum absolute atomic E-state index is 0.154. The summed E-state index contributed by atoms with van der Waals surface area (Å²) in [7, 11) is 0. The largest absolute Gasteiger partial charge is 0.438 e. The number of para-hydroxylation sites is 1. The predicted molar refractivity (Wildman–Crippen MR) is 84.2 cm³/mol. The van der Waals surface area contributed by atoms with Gasteiger partial charge in [-0.25, -0.2) is 0 Å². The summed E-state index contributed by atoms with van der Waals surface area (Å²) in [6.07, 6.45) is 0. The topological polar surface area (TPSA) is 66.1 Å². The van der Waals surface area contributed by atoms with Crippen LogP contribution in [0, 0.1) is 5.41 Å². The number of hydrogen-bond acceptors (Lipinski definition) is 3. The summed E-state index contributed by atoms with van der Waals surface area (Å²) < 4.78 is 6.28. The molecule has 0 aliphatic rings. The third-order valence-corrected chi connectivity index (χ3v) is 3.50. The van der Waals surface area contributed by atoms with Gasteiger partial charge in [0.15, 0.2) is 0 Å². The maximum atomic E-state index is 12.3. The fourth-order valence-corrected chi connectivity index (χ4v) is 2.38. The van der Waals surface area contributed by atoms with E-state index in [1.165, 1.54) is 0 Å². The number of fused-ring (bicyclic) bond motifs is 1. The quantitative estimate of drug-likeness (QED) is 0.740. The lowest BCUT2D eigenvalue weighted by Gasteiger charge is -2.06. The molecule has 1 heterocycles. The molecule has 0 saturated carbocycles. The molecule has 0 aliphatic carbocycles. The molecule has 0 atom stereocenters. The molecule has 104 valence electrons. The van der Waals surface area contributed by atoms with Crippen LogP contribution in [0.15, 0.2) is 63.5 Å². The summed E-state index contributed by atoms with van der Waals surface area (Å²) in [6, 6.07) is 16.2. The number of halogens is 1. The summed E-state index contributed by atoms with van der Waals surface area (Å²) in [4.78, 5) is 12.3. The van der Waals surface area contributed by atoms with Crippen LogP contribution in [-0.2, 0) is 0 Å². The second-order valence-corrected chi connectivity index (χ2v) is 5.41. The zero-order valence-corrected chi connectivity index (χ0v) is 12.5.